The summed E-state index contributed by atoms with van der Waals surface area (Å²) in [5.74, 6) is -0.883. The van der Waals surface area contributed by atoms with E-state index in [9.17, 15) is 18.0 Å². The normalized spacial score (nSPS) is 15.9. The number of nitrogens with one attached hydrogen (secondary N) is 1. The van der Waals surface area contributed by atoms with Gasteiger partial charge < -0.3 is 10.1 Å². The predicted molar refractivity (Wildman–Crippen MR) is 150 cm³/mol. The van der Waals surface area contributed by atoms with Gasteiger partial charge in [0, 0.05) is 43.2 Å². The molecule has 8 nitrogen and oxygen atoms in total. The lowest BCUT2D eigenvalue weighted by atomic mass is 10.0. The molecule has 0 saturated carbocycles. The van der Waals surface area contributed by atoms with Gasteiger partial charge >= 0.3 is 5.97 Å². The van der Waals surface area contributed by atoms with Crippen LogP contribution in [0.4, 0.5) is 5.00 Å². The van der Waals surface area contributed by atoms with Gasteiger partial charge in [-0.2, -0.15) is 4.31 Å². The Hall–Kier alpha value is -2.76. The van der Waals surface area contributed by atoms with Crippen LogP contribution in [0.5, 0.6) is 0 Å². The molecule has 38 heavy (non-hydrogen) atoms. The third-order valence-electron chi connectivity index (χ3n) is 6.82. The smallest absolute Gasteiger partial charge is 0.341 e. The minimum absolute atomic E-state index is 0. The number of carbonyl (C=O) groups is 2. The number of halogens is 1. The van der Waals surface area contributed by atoms with Crippen LogP contribution in [-0.4, -0.2) is 56.2 Å². The van der Waals surface area contributed by atoms with Gasteiger partial charge in [0.15, 0.2) is 0 Å². The van der Waals surface area contributed by atoms with Gasteiger partial charge in [0.2, 0.25) is 10.0 Å². The lowest BCUT2D eigenvalue weighted by Gasteiger charge is -2.27. The minimum atomic E-state index is -3.55. The number of carbonyl (C=O) groups excluding carboxylic acids is 2. The molecule has 0 atom stereocenters. The number of methoxy groups -OCH3 is 1. The first kappa shape index (κ1) is 28.3. The van der Waals surface area contributed by atoms with Crippen molar-refractivity contribution < 1.29 is 22.7 Å². The van der Waals surface area contributed by atoms with E-state index in [-0.39, 0.29) is 17.3 Å². The number of rotatable bonds is 7. The molecule has 3 aromatic rings. The van der Waals surface area contributed by atoms with Crippen LogP contribution in [-0.2, 0) is 34.3 Å². The summed E-state index contributed by atoms with van der Waals surface area (Å²) in [7, 11) is -2.22. The van der Waals surface area contributed by atoms with E-state index in [0.29, 0.717) is 42.2 Å². The Morgan fingerprint density at radius 2 is 1.68 bits per heavy atom. The summed E-state index contributed by atoms with van der Waals surface area (Å²) >= 11 is 1.39. The maximum Gasteiger partial charge on any atom is 0.341 e. The first-order chi connectivity index (χ1) is 17.9. The largest absolute Gasteiger partial charge is 0.465 e. The highest BCUT2D eigenvalue weighted by atomic mass is 35.5. The SMILES string of the molecule is COC(=O)c1c(NC(=O)c2ccc(S(=O)(=O)N3CCCC3)cc2)sc2c1CCN(Cc1ccccc1)C2.Cl. The zero-order valence-electron chi connectivity index (χ0n) is 21.0. The number of sulfonamides is 1. The van der Waals surface area contributed by atoms with E-state index in [0.717, 1.165) is 36.4 Å². The van der Waals surface area contributed by atoms with Crippen LogP contribution in [0.15, 0.2) is 59.5 Å². The standard InChI is InChI=1S/C27H29N3O5S2.ClH/c1-35-27(32)24-22-13-16-29(17-19-7-3-2-4-8-19)18-23(22)36-26(24)28-25(31)20-9-11-21(12-10-20)37(33,34)30-14-5-6-15-30;/h2-4,7-12H,5-6,13-18H2,1H3,(H,28,31);1H. The lowest BCUT2D eigenvalue weighted by molar-refractivity contribution is 0.0600. The highest BCUT2D eigenvalue weighted by molar-refractivity contribution is 7.89. The van der Waals surface area contributed by atoms with Gasteiger partial charge in [0.1, 0.15) is 5.00 Å². The summed E-state index contributed by atoms with van der Waals surface area (Å²) < 4.78 is 32.1. The van der Waals surface area contributed by atoms with E-state index < -0.39 is 21.9 Å². The number of amides is 1. The summed E-state index contributed by atoms with van der Waals surface area (Å²) in [6.45, 7) is 3.32. The second kappa shape index (κ2) is 12.0. The van der Waals surface area contributed by atoms with Gasteiger partial charge in [0.05, 0.1) is 17.6 Å². The van der Waals surface area contributed by atoms with Gasteiger partial charge in [-0.05, 0) is 54.7 Å². The third-order valence-corrected chi connectivity index (χ3v) is 9.87. The fraction of sp³-hybridized carbons (Fsp3) is 0.333. The maximum absolute atomic E-state index is 13.1. The van der Waals surface area contributed by atoms with Gasteiger partial charge in [-0.1, -0.05) is 30.3 Å². The van der Waals surface area contributed by atoms with Gasteiger partial charge in [-0.15, -0.1) is 23.7 Å². The van der Waals surface area contributed by atoms with Crippen LogP contribution < -0.4 is 5.32 Å². The number of benzene rings is 2. The quantitative estimate of drug-likeness (QED) is 0.415. The second-order valence-corrected chi connectivity index (χ2v) is 12.3. The number of nitrogens with zero attached hydrogens (tertiary/aromatic N) is 2. The molecule has 1 fully saturated rings. The molecule has 1 amide bonds. The molecule has 0 bridgehead atoms. The van der Waals surface area contributed by atoms with E-state index >= 15 is 0 Å². The van der Waals surface area contributed by atoms with Crippen LogP contribution >= 0.6 is 23.7 Å². The van der Waals surface area contributed by atoms with E-state index in [1.807, 2.05) is 18.2 Å². The Labute approximate surface area is 233 Å². The monoisotopic (exact) mass is 575 g/mol. The molecular formula is C27H30ClN3O5S2. The van der Waals surface area contributed by atoms with Crippen molar-refractivity contribution in [2.45, 2.75) is 37.2 Å². The number of thiophene rings is 1. The highest BCUT2D eigenvalue weighted by Crippen LogP contribution is 2.38. The molecule has 3 heterocycles. The summed E-state index contributed by atoms with van der Waals surface area (Å²) in [5, 5.41) is 3.33. The van der Waals surface area contributed by atoms with Gasteiger partial charge in [-0.25, -0.2) is 13.2 Å². The van der Waals surface area contributed by atoms with Crippen molar-refractivity contribution in [3.8, 4) is 0 Å². The molecule has 1 saturated heterocycles. The van der Waals surface area contributed by atoms with E-state index in [1.165, 1.54) is 52.6 Å². The number of fused-ring (bicyclic) bond motifs is 1. The molecule has 11 heteroatoms. The Bertz CT molecular complexity index is 1400. The lowest BCUT2D eigenvalue weighted by Crippen LogP contribution is -2.29. The molecule has 2 aliphatic rings. The molecule has 5 rings (SSSR count). The average molecular weight is 576 g/mol. The van der Waals surface area contributed by atoms with E-state index in [2.05, 4.69) is 22.3 Å². The summed E-state index contributed by atoms with van der Waals surface area (Å²) in [5.41, 5.74) is 2.86. The van der Waals surface area contributed by atoms with Crippen LogP contribution in [0.2, 0.25) is 0 Å². The van der Waals surface area contributed by atoms with Crippen molar-refractivity contribution in [3.63, 3.8) is 0 Å². The van der Waals surface area contributed by atoms with Crippen molar-refractivity contribution >= 4 is 50.6 Å². The third kappa shape index (κ3) is 5.79. The fourth-order valence-corrected chi connectivity index (χ4v) is 7.66. The minimum Gasteiger partial charge on any atom is -0.465 e. The number of esters is 1. The first-order valence-corrected chi connectivity index (χ1v) is 14.5. The molecule has 2 aliphatic heterocycles. The van der Waals surface area contributed by atoms with Crippen molar-refractivity contribution in [3.05, 3.63) is 81.7 Å². The van der Waals surface area contributed by atoms with Gasteiger partial charge in [-0.3, -0.25) is 9.69 Å². The molecule has 0 unspecified atom stereocenters. The predicted octanol–water partition coefficient (Wildman–Crippen LogP) is 4.55. The number of anilines is 1. The number of hydrogen-bond donors (Lipinski definition) is 1. The van der Waals surface area contributed by atoms with Crippen molar-refractivity contribution in [1.29, 1.82) is 0 Å². The van der Waals surface area contributed by atoms with Crippen molar-refractivity contribution in [2.24, 2.45) is 0 Å². The molecular weight excluding hydrogens is 546 g/mol. The number of ether oxygens (including phenoxy) is 1. The second-order valence-electron chi connectivity index (χ2n) is 9.24. The summed E-state index contributed by atoms with van der Waals surface area (Å²) in [4.78, 5) is 29.3. The molecule has 0 aliphatic carbocycles. The number of hydrogen-bond acceptors (Lipinski definition) is 7. The molecule has 0 spiro atoms. The van der Waals surface area contributed by atoms with Crippen molar-refractivity contribution in [1.82, 2.24) is 9.21 Å². The van der Waals surface area contributed by atoms with E-state index in [4.69, 9.17) is 4.74 Å². The Morgan fingerprint density at radius 1 is 1.00 bits per heavy atom. The zero-order chi connectivity index (χ0) is 26.0. The summed E-state index contributed by atoms with van der Waals surface area (Å²) in [6, 6.07) is 16.2. The van der Waals surface area contributed by atoms with Crippen LogP contribution in [0.3, 0.4) is 0 Å². The fourth-order valence-electron chi connectivity index (χ4n) is 4.87. The first-order valence-electron chi connectivity index (χ1n) is 12.3. The highest BCUT2D eigenvalue weighted by Gasteiger charge is 2.30. The average Bonchev–Trinajstić information content (AvgIpc) is 3.57. The zero-order valence-corrected chi connectivity index (χ0v) is 23.5. The summed E-state index contributed by atoms with van der Waals surface area (Å²) in [6.07, 6.45) is 2.40. The Morgan fingerprint density at radius 3 is 2.34 bits per heavy atom. The Balaban J connectivity index is 0.00000336. The Kier molecular flexibility index (Phi) is 8.89. The molecule has 1 aromatic heterocycles. The van der Waals surface area contributed by atoms with Gasteiger partial charge in [0.25, 0.3) is 5.91 Å². The maximum atomic E-state index is 13.1. The molecule has 2 aromatic carbocycles. The van der Waals surface area contributed by atoms with Crippen LogP contribution in [0, 0.1) is 0 Å². The van der Waals surface area contributed by atoms with Crippen LogP contribution in [0.25, 0.3) is 0 Å². The van der Waals surface area contributed by atoms with Crippen LogP contribution in [0.1, 0.15) is 49.6 Å². The molecule has 1 N–H and O–H groups in total. The van der Waals surface area contributed by atoms with Crippen molar-refractivity contribution in [2.75, 3.05) is 32.1 Å². The molecule has 202 valence electrons. The molecule has 0 radical (unpaired) electrons. The van der Waals surface area contributed by atoms with E-state index in [1.54, 1.807) is 0 Å². The topological polar surface area (TPSA) is 96.0 Å².